The highest BCUT2D eigenvalue weighted by Gasteiger charge is 2.33. The Balaban J connectivity index is 1.25. The number of amides is 3. The molecule has 0 saturated carbocycles. The quantitative estimate of drug-likeness (QED) is 0.534. The van der Waals surface area contributed by atoms with Gasteiger partial charge in [-0.25, -0.2) is 0 Å². The summed E-state index contributed by atoms with van der Waals surface area (Å²) in [7, 11) is 0. The van der Waals surface area contributed by atoms with Crippen LogP contribution in [0.3, 0.4) is 0 Å². The molecule has 0 radical (unpaired) electrons. The number of hydrogen-bond acceptors (Lipinski definition) is 5. The second kappa shape index (κ2) is 7.72. The Bertz CT molecular complexity index is 1230. The van der Waals surface area contributed by atoms with Crippen molar-refractivity contribution >= 4 is 50.5 Å². The summed E-state index contributed by atoms with van der Waals surface area (Å²) >= 11 is 1.45. The van der Waals surface area contributed by atoms with Gasteiger partial charge in [0.2, 0.25) is 5.91 Å². The third-order valence-corrected chi connectivity index (χ3v) is 7.39. The molecule has 2 aromatic carbocycles. The van der Waals surface area contributed by atoms with Crippen molar-refractivity contribution < 1.29 is 19.5 Å². The summed E-state index contributed by atoms with van der Waals surface area (Å²) in [6.07, 6.45) is 2.03. The van der Waals surface area contributed by atoms with Crippen LogP contribution in [0.15, 0.2) is 42.5 Å². The Labute approximate surface area is 189 Å². The molecular formula is C24H23N3O4S. The summed E-state index contributed by atoms with van der Waals surface area (Å²) in [5.41, 5.74) is 2.06. The number of hydrogen-bond donors (Lipinski definition) is 3. The minimum Gasteiger partial charge on any atom is -0.383 e. The number of fused-ring (bicyclic) bond motifs is 1. The Hall–Kier alpha value is -3.23. The Kier molecular flexibility index (Phi) is 4.98. The van der Waals surface area contributed by atoms with Crippen molar-refractivity contribution in [2.75, 3.05) is 23.3 Å². The average Bonchev–Trinajstić information content (AvgIpc) is 3.35. The molecule has 2 aliphatic rings. The van der Waals surface area contributed by atoms with Gasteiger partial charge in [0.25, 0.3) is 0 Å². The molecule has 0 spiro atoms. The number of carbonyl (C=O) groups is 3. The fraction of sp³-hybridized carbons (Fsp3) is 0.292. The van der Waals surface area contributed by atoms with Gasteiger partial charge in [-0.1, -0.05) is 18.2 Å². The van der Waals surface area contributed by atoms with E-state index in [1.807, 2.05) is 41.3 Å². The summed E-state index contributed by atoms with van der Waals surface area (Å²) in [6, 6.07) is 13.3. The normalized spacial score (nSPS) is 16.6. The standard InChI is InChI=1S/C24H23N3O4S/c1-24(31,19-11-14-5-2-3-7-18(14)32-19)13-25-22(29)23(30)26-17-9-15-6-4-8-27-20(28)12-16(10-17)21(15)27/h2-3,5,7,9-11,31H,4,6,8,12-13H2,1H3,(H,25,29)(H,26,30)/t24-/m0/s1. The predicted octanol–water partition coefficient (Wildman–Crippen LogP) is 2.70. The summed E-state index contributed by atoms with van der Waals surface area (Å²) in [5.74, 6) is -1.55. The van der Waals surface area contributed by atoms with Gasteiger partial charge in [0.05, 0.1) is 18.7 Å². The van der Waals surface area contributed by atoms with Gasteiger partial charge in [-0.3, -0.25) is 14.4 Å². The first-order valence-corrected chi connectivity index (χ1v) is 11.4. The molecule has 32 heavy (non-hydrogen) atoms. The van der Waals surface area contributed by atoms with E-state index in [0.29, 0.717) is 17.0 Å². The van der Waals surface area contributed by atoms with Crippen LogP contribution in [0.4, 0.5) is 11.4 Å². The minimum atomic E-state index is -1.30. The summed E-state index contributed by atoms with van der Waals surface area (Å²) in [5, 5.41) is 17.1. The Morgan fingerprint density at radius 3 is 2.75 bits per heavy atom. The molecule has 3 aromatic rings. The van der Waals surface area contributed by atoms with Gasteiger partial charge in [-0.15, -0.1) is 11.3 Å². The SMILES string of the molecule is C[C@](O)(CNC(=O)C(=O)Nc1cc2c3c(c1)CC(=O)N3CCC2)c1cc2ccccc2s1. The number of nitrogens with zero attached hydrogens (tertiary/aromatic N) is 1. The highest BCUT2D eigenvalue weighted by molar-refractivity contribution is 7.19. The smallest absolute Gasteiger partial charge is 0.313 e. The molecule has 5 rings (SSSR count). The van der Waals surface area contributed by atoms with E-state index < -0.39 is 17.4 Å². The zero-order valence-corrected chi connectivity index (χ0v) is 18.4. The Morgan fingerprint density at radius 1 is 1.16 bits per heavy atom. The number of carbonyl (C=O) groups excluding carboxylic acids is 3. The fourth-order valence-corrected chi connectivity index (χ4v) is 5.51. The van der Waals surface area contributed by atoms with Crippen molar-refractivity contribution in [3.05, 3.63) is 58.5 Å². The number of anilines is 2. The van der Waals surface area contributed by atoms with Crippen LogP contribution in [0.1, 0.15) is 29.3 Å². The van der Waals surface area contributed by atoms with Crippen molar-refractivity contribution in [2.45, 2.75) is 31.8 Å². The van der Waals surface area contributed by atoms with Gasteiger partial charge >= 0.3 is 11.8 Å². The summed E-state index contributed by atoms with van der Waals surface area (Å²) < 4.78 is 1.05. The first kappa shape index (κ1) is 20.7. The van der Waals surface area contributed by atoms with E-state index in [4.69, 9.17) is 0 Å². The van der Waals surface area contributed by atoms with E-state index >= 15 is 0 Å². The lowest BCUT2D eigenvalue weighted by molar-refractivity contribution is -0.136. The second-order valence-electron chi connectivity index (χ2n) is 8.53. The molecule has 0 aliphatic carbocycles. The average molecular weight is 450 g/mol. The van der Waals surface area contributed by atoms with Crippen molar-refractivity contribution in [3.8, 4) is 0 Å². The summed E-state index contributed by atoms with van der Waals surface area (Å²) in [4.78, 5) is 39.6. The Morgan fingerprint density at radius 2 is 1.94 bits per heavy atom. The van der Waals surface area contributed by atoms with Crippen LogP contribution < -0.4 is 15.5 Å². The van der Waals surface area contributed by atoms with Gasteiger partial charge in [0.15, 0.2) is 0 Å². The van der Waals surface area contributed by atoms with Gasteiger partial charge < -0.3 is 20.6 Å². The van der Waals surface area contributed by atoms with Crippen molar-refractivity contribution in [1.29, 1.82) is 0 Å². The lowest BCUT2D eigenvalue weighted by Gasteiger charge is -2.26. The van der Waals surface area contributed by atoms with Crippen molar-refractivity contribution in [2.24, 2.45) is 0 Å². The van der Waals surface area contributed by atoms with Gasteiger partial charge in [-0.05, 0) is 60.5 Å². The lowest BCUT2D eigenvalue weighted by atomic mass is 9.99. The van der Waals surface area contributed by atoms with Gasteiger partial charge in [0, 0.05) is 21.8 Å². The molecule has 0 unspecified atom stereocenters. The number of nitrogens with one attached hydrogen (secondary N) is 2. The first-order valence-electron chi connectivity index (χ1n) is 10.6. The van der Waals surface area contributed by atoms with Crippen molar-refractivity contribution in [3.63, 3.8) is 0 Å². The topological polar surface area (TPSA) is 98.7 Å². The highest BCUT2D eigenvalue weighted by atomic mass is 32.1. The number of aliphatic hydroxyl groups is 1. The zero-order valence-electron chi connectivity index (χ0n) is 17.6. The van der Waals surface area contributed by atoms with E-state index in [1.165, 1.54) is 11.3 Å². The first-order chi connectivity index (χ1) is 15.3. The largest absolute Gasteiger partial charge is 0.383 e. The maximum atomic E-state index is 12.5. The van der Waals surface area contributed by atoms with Gasteiger partial charge in [-0.2, -0.15) is 0 Å². The van der Waals surface area contributed by atoms with Crippen LogP contribution >= 0.6 is 11.3 Å². The third-order valence-electron chi connectivity index (χ3n) is 6.02. The van der Waals surface area contributed by atoms with E-state index in [0.717, 1.165) is 46.3 Å². The number of rotatable bonds is 4. The van der Waals surface area contributed by atoms with Crippen LogP contribution in [0.5, 0.6) is 0 Å². The molecule has 7 nitrogen and oxygen atoms in total. The van der Waals surface area contributed by atoms with Crippen molar-refractivity contribution in [1.82, 2.24) is 5.32 Å². The number of thiophene rings is 1. The molecule has 1 atom stereocenters. The summed E-state index contributed by atoms with van der Waals surface area (Å²) in [6.45, 7) is 2.25. The van der Waals surface area contributed by atoms with Crippen LogP contribution in [-0.2, 0) is 32.8 Å². The lowest BCUT2D eigenvalue weighted by Crippen LogP contribution is -2.43. The highest BCUT2D eigenvalue weighted by Crippen LogP contribution is 2.39. The molecule has 0 saturated heterocycles. The maximum absolute atomic E-state index is 12.5. The molecule has 8 heteroatoms. The minimum absolute atomic E-state index is 0.0747. The third kappa shape index (κ3) is 3.65. The molecular weight excluding hydrogens is 426 g/mol. The molecule has 2 aliphatic heterocycles. The predicted molar refractivity (Wildman–Crippen MR) is 124 cm³/mol. The molecule has 164 valence electrons. The molecule has 3 amide bonds. The fourth-order valence-electron chi connectivity index (χ4n) is 4.41. The second-order valence-corrected chi connectivity index (χ2v) is 9.61. The monoisotopic (exact) mass is 449 g/mol. The zero-order chi connectivity index (χ0) is 22.5. The van der Waals surface area contributed by atoms with Crippen LogP contribution in [0, 0.1) is 0 Å². The molecule has 0 bridgehead atoms. The number of aryl methyl sites for hydroxylation is 1. The molecule has 3 heterocycles. The molecule has 0 fully saturated rings. The van der Waals surface area contributed by atoms with Crippen LogP contribution in [-0.4, -0.2) is 35.9 Å². The van der Waals surface area contributed by atoms with Crippen LogP contribution in [0.2, 0.25) is 0 Å². The number of benzene rings is 2. The molecule has 3 N–H and O–H groups in total. The maximum Gasteiger partial charge on any atom is 0.313 e. The molecule has 1 aromatic heterocycles. The van der Waals surface area contributed by atoms with E-state index in [1.54, 1.807) is 13.0 Å². The van der Waals surface area contributed by atoms with E-state index in [9.17, 15) is 19.5 Å². The van der Waals surface area contributed by atoms with E-state index in [2.05, 4.69) is 10.6 Å². The van der Waals surface area contributed by atoms with Gasteiger partial charge in [0.1, 0.15) is 5.60 Å². The van der Waals surface area contributed by atoms with Crippen LogP contribution in [0.25, 0.3) is 10.1 Å². The van der Waals surface area contributed by atoms with E-state index in [-0.39, 0.29) is 12.5 Å².